The van der Waals surface area contributed by atoms with Gasteiger partial charge in [0, 0.05) is 12.1 Å². The molecule has 1 amide bonds. The number of carbonyl (C=O) groups is 1. The van der Waals surface area contributed by atoms with Crippen molar-refractivity contribution in [1.82, 2.24) is 4.90 Å². The standard InChI is InChI=1S/C17H19F16NO/c1-5-7(3)34(8(4)6-2)10(35)12(22,23)14(26,27)16(30,31)17(32,33)15(28,29)13(24,25)11(20,21)9(18)19/h7-9H,5-6H2,1-4H3. The van der Waals surface area contributed by atoms with Gasteiger partial charge in [-0.15, -0.1) is 0 Å². The monoisotopic (exact) mass is 557 g/mol. The molecule has 0 aromatic heterocycles. The van der Waals surface area contributed by atoms with Crippen LogP contribution in [0, 0.1) is 0 Å². The predicted molar refractivity (Wildman–Crippen MR) is 87.0 cm³/mol. The van der Waals surface area contributed by atoms with Gasteiger partial charge < -0.3 is 4.90 Å². The number of carbonyl (C=O) groups excluding carboxylic acids is 1. The highest BCUT2D eigenvalue weighted by atomic mass is 19.4. The summed E-state index contributed by atoms with van der Waals surface area (Å²) < 4.78 is 215. The number of alkyl halides is 16. The van der Waals surface area contributed by atoms with E-state index in [0.717, 1.165) is 13.8 Å². The van der Waals surface area contributed by atoms with Crippen LogP contribution >= 0.6 is 0 Å². The topological polar surface area (TPSA) is 20.3 Å². The molecule has 18 heteroatoms. The third kappa shape index (κ3) is 4.62. The summed E-state index contributed by atoms with van der Waals surface area (Å²) in [6, 6.07) is -2.91. The molecular weight excluding hydrogens is 538 g/mol. The SMILES string of the molecule is CCC(C)N(C(=O)C(F)(F)C(F)(F)C(F)(F)C(F)(F)C(F)(F)C(F)(F)C(F)(F)C(F)F)C(C)CC. The zero-order valence-corrected chi connectivity index (χ0v) is 18.0. The molecule has 0 saturated carbocycles. The molecule has 0 fully saturated rings. The molecule has 0 aliphatic rings. The van der Waals surface area contributed by atoms with E-state index in [2.05, 4.69) is 0 Å². The normalized spacial score (nSPS) is 16.9. The van der Waals surface area contributed by atoms with E-state index in [0.29, 0.717) is 0 Å². The fourth-order valence-electron chi connectivity index (χ4n) is 2.66. The van der Waals surface area contributed by atoms with Crippen LogP contribution in [-0.2, 0) is 4.79 Å². The molecule has 210 valence electrons. The second kappa shape index (κ2) is 9.67. The van der Waals surface area contributed by atoms with E-state index in [-0.39, 0.29) is 17.7 Å². The predicted octanol–water partition coefficient (Wildman–Crippen LogP) is 7.12. The lowest BCUT2D eigenvalue weighted by Crippen LogP contribution is -2.75. The lowest BCUT2D eigenvalue weighted by atomic mass is 9.88. The molecule has 0 saturated heterocycles. The molecule has 0 aliphatic heterocycles. The maximum absolute atomic E-state index is 14.3. The Bertz CT molecular complexity index is 740. The number of nitrogens with zero attached hydrogens (tertiary/aromatic N) is 1. The maximum Gasteiger partial charge on any atom is 0.392 e. The molecule has 0 N–H and O–H groups in total. The minimum Gasteiger partial charge on any atom is -0.332 e. The van der Waals surface area contributed by atoms with Gasteiger partial charge in [0.2, 0.25) is 0 Å². The van der Waals surface area contributed by atoms with Crippen molar-refractivity contribution < 1.29 is 75.0 Å². The van der Waals surface area contributed by atoms with Crippen LogP contribution in [0.3, 0.4) is 0 Å². The summed E-state index contributed by atoms with van der Waals surface area (Å²) in [5, 5.41) is 0. The molecule has 0 bridgehead atoms. The van der Waals surface area contributed by atoms with E-state index in [9.17, 15) is 75.0 Å². The van der Waals surface area contributed by atoms with E-state index < -0.39 is 65.9 Å². The van der Waals surface area contributed by atoms with Crippen LogP contribution in [0.5, 0.6) is 0 Å². The van der Waals surface area contributed by atoms with Gasteiger partial charge >= 0.3 is 47.9 Å². The van der Waals surface area contributed by atoms with E-state index in [4.69, 9.17) is 0 Å². The van der Waals surface area contributed by atoms with Gasteiger partial charge in [-0.05, 0) is 26.7 Å². The minimum atomic E-state index is -8.52. The third-order valence-electron chi connectivity index (χ3n) is 5.30. The fourth-order valence-corrected chi connectivity index (χ4v) is 2.66. The molecule has 0 aromatic rings. The van der Waals surface area contributed by atoms with Crippen LogP contribution in [0.25, 0.3) is 0 Å². The largest absolute Gasteiger partial charge is 0.392 e. The molecule has 0 aromatic carbocycles. The van der Waals surface area contributed by atoms with Gasteiger partial charge in [-0.3, -0.25) is 4.79 Å². The first-order valence-corrected chi connectivity index (χ1v) is 9.45. The van der Waals surface area contributed by atoms with Crippen molar-refractivity contribution in [2.75, 3.05) is 0 Å². The second-order valence-electron chi connectivity index (χ2n) is 7.60. The Kier molecular flexibility index (Phi) is 9.21. The third-order valence-corrected chi connectivity index (χ3v) is 5.30. The summed E-state index contributed by atoms with van der Waals surface area (Å²) in [6.07, 6.45) is -6.52. The number of halogens is 16. The highest BCUT2D eigenvalue weighted by molar-refractivity contribution is 5.85. The summed E-state index contributed by atoms with van der Waals surface area (Å²) in [7, 11) is 0. The maximum atomic E-state index is 14.3. The zero-order valence-electron chi connectivity index (χ0n) is 18.0. The number of hydrogen-bond donors (Lipinski definition) is 0. The quantitative estimate of drug-likeness (QED) is 0.234. The molecule has 0 spiro atoms. The Morgan fingerprint density at radius 2 is 0.886 bits per heavy atom. The van der Waals surface area contributed by atoms with Crippen molar-refractivity contribution in [3.05, 3.63) is 0 Å². The van der Waals surface area contributed by atoms with Crippen LogP contribution in [0.4, 0.5) is 70.2 Å². The van der Waals surface area contributed by atoms with Gasteiger partial charge in [-0.2, -0.15) is 61.5 Å². The first kappa shape index (κ1) is 33.4. The molecule has 0 radical (unpaired) electrons. The van der Waals surface area contributed by atoms with Crippen molar-refractivity contribution in [2.24, 2.45) is 0 Å². The van der Waals surface area contributed by atoms with E-state index in [1.165, 1.54) is 13.8 Å². The van der Waals surface area contributed by atoms with Crippen molar-refractivity contribution in [3.63, 3.8) is 0 Å². The van der Waals surface area contributed by atoms with Gasteiger partial charge in [0.05, 0.1) is 0 Å². The summed E-state index contributed by atoms with van der Waals surface area (Å²) in [6.45, 7) is 4.20. The molecule has 0 aliphatic carbocycles. The van der Waals surface area contributed by atoms with Gasteiger partial charge in [-0.25, -0.2) is 8.78 Å². The molecule has 2 nitrogen and oxygen atoms in total. The molecule has 0 rings (SSSR count). The first-order chi connectivity index (χ1) is 15.2. The summed E-state index contributed by atoms with van der Waals surface area (Å²) in [5.41, 5.74) is 0. The summed E-state index contributed by atoms with van der Waals surface area (Å²) >= 11 is 0. The Balaban J connectivity index is 6.88. The molecule has 2 atom stereocenters. The van der Waals surface area contributed by atoms with E-state index >= 15 is 0 Å². The first-order valence-electron chi connectivity index (χ1n) is 9.45. The number of rotatable bonds is 12. The van der Waals surface area contributed by atoms with Gasteiger partial charge in [0.15, 0.2) is 0 Å². The Labute approximate surface area is 187 Å². The van der Waals surface area contributed by atoms with Crippen molar-refractivity contribution in [3.8, 4) is 0 Å². The van der Waals surface area contributed by atoms with Crippen LogP contribution < -0.4 is 0 Å². The Hall–Kier alpha value is -1.65. The second-order valence-corrected chi connectivity index (χ2v) is 7.60. The minimum absolute atomic E-state index is 0.167. The fraction of sp³-hybridized carbons (Fsp3) is 0.941. The van der Waals surface area contributed by atoms with E-state index in [1.807, 2.05) is 0 Å². The Morgan fingerprint density at radius 3 is 1.17 bits per heavy atom. The Morgan fingerprint density at radius 1 is 0.600 bits per heavy atom. The molecular formula is C17H19F16NO. The zero-order chi connectivity index (χ0) is 28.8. The van der Waals surface area contributed by atoms with Crippen molar-refractivity contribution >= 4 is 5.91 Å². The van der Waals surface area contributed by atoms with Gasteiger partial charge in [-0.1, -0.05) is 13.8 Å². The highest BCUT2D eigenvalue weighted by Gasteiger charge is 2.94. The van der Waals surface area contributed by atoms with Crippen LogP contribution in [0.15, 0.2) is 0 Å². The average molecular weight is 557 g/mol. The smallest absolute Gasteiger partial charge is 0.332 e. The van der Waals surface area contributed by atoms with Gasteiger partial charge in [0.25, 0.3) is 5.91 Å². The molecule has 0 heterocycles. The van der Waals surface area contributed by atoms with Crippen molar-refractivity contribution in [2.45, 2.75) is 101 Å². The summed E-state index contributed by atoms with van der Waals surface area (Å²) in [5.74, 6) is -59.2. The van der Waals surface area contributed by atoms with Crippen molar-refractivity contribution in [1.29, 1.82) is 0 Å². The lowest BCUT2D eigenvalue weighted by molar-refractivity contribution is -0.444. The van der Waals surface area contributed by atoms with Crippen LogP contribution in [0.2, 0.25) is 0 Å². The average Bonchev–Trinajstić information content (AvgIpc) is 2.71. The molecule has 35 heavy (non-hydrogen) atoms. The van der Waals surface area contributed by atoms with Crippen LogP contribution in [-0.4, -0.2) is 70.8 Å². The van der Waals surface area contributed by atoms with Gasteiger partial charge in [0.1, 0.15) is 0 Å². The molecule has 2 unspecified atom stereocenters. The van der Waals surface area contributed by atoms with Crippen LogP contribution in [0.1, 0.15) is 40.5 Å². The summed E-state index contributed by atoms with van der Waals surface area (Å²) in [4.78, 5) is 11.9. The highest BCUT2D eigenvalue weighted by Crippen LogP contribution is 2.63. The lowest BCUT2D eigenvalue weighted by Gasteiger charge is -2.43. The number of hydrogen-bond acceptors (Lipinski definition) is 1. The van der Waals surface area contributed by atoms with E-state index in [1.54, 1.807) is 0 Å². The number of amides is 1.